The zero-order valence-electron chi connectivity index (χ0n) is 28.1. The molecule has 1 atom stereocenters. The Bertz CT molecular complexity index is 1680. The van der Waals surface area contributed by atoms with Crippen LogP contribution >= 0.6 is 0 Å². The number of nitrogens with one attached hydrogen (secondary N) is 2. The Hall–Kier alpha value is -5.80. The first-order valence-electron chi connectivity index (χ1n) is 15.0. The lowest BCUT2D eigenvalue weighted by Gasteiger charge is -2.12. The lowest BCUT2D eigenvalue weighted by Crippen LogP contribution is -2.32. The summed E-state index contributed by atoms with van der Waals surface area (Å²) in [6, 6.07) is 13.0. The smallest absolute Gasteiger partial charge is 0.335 e. The highest BCUT2D eigenvalue weighted by Crippen LogP contribution is 2.30. The van der Waals surface area contributed by atoms with Gasteiger partial charge in [0.25, 0.3) is 5.91 Å². The van der Waals surface area contributed by atoms with E-state index in [1.807, 2.05) is 41.8 Å². The zero-order valence-corrected chi connectivity index (χ0v) is 28.9. The van der Waals surface area contributed by atoms with Gasteiger partial charge in [-0.25, -0.2) is 9.59 Å². The summed E-state index contributed by atoms with van der Waals surface area (Å²) in [4.78, 5) is 55.4. The van der Waals surface area contributed by atoms with Gasteiger partial charge in [-0.2, -0.15) is 14.3 Å². The number of hydrazone groups is 1. The summed E-state index contributed by atoms with van der Waals surface area (Å²) in [5, 5.41) is 21.3. The van der Waals surface area contributed by atoms with Crippen LogP contribution in [0.4, 0.5) is 5.69 Å². The van der Waals surface area contributed by atoms with E-state index >= 15 is 0 Å². The van der Waals surface area contributed by atoms with Gasteiger partial charge in [-0.3, -0.25) is 14.9 Å². The number of nitrogens with zero attached hydrogens (tertiary/aromatic N) is 3. The summed E-state index contributed by atoms with van der Waals surface area (Å²) in [5.74, 6) is -1.67. The standard InChI is InChI=1S/C24H21N3O5.C10H18N2O2.CH2O.OS/c1-14-20(22(28)27(25-14)18-10-8-16(9-11-18)23(29)30)12-17-13-26(15(2)24(31)32-3)21-7-5-4-6-19(17)21;1-3-5-6-10(13)12-8-7-11-9-14-4-2;2*1-2/h4-13,15H,1-3H3,(H,29,30);3-4,11H,1-2,5-9H2,(H,12,13);1H2;. The lowest BCUT2D eigenvalue weighted by atomic mass is 10.1. The molecule has 0 radical (unpaired) electrons. The molecule has 14 nitrogen and oxygen atoms in total. The van der Waals surface area contributed by atoms with Crippen molar-refractivity contribution >= 4 is 71.5 Å². The number of anilines is 1. The van der Waals surface area contributed by atoms with Crippen LogP contribution in [0.1, 0.15) is 48.7 Å². The minimum atomic E-state index is -1.04. The predicted molar refractivity (Wildman–Crippen MR) is 192 cm³/mol. The van der Waals surface area contributed by atoms with Gasteiger partial charge in [-0.05, 0) is 56.7 Å². The van der Waals surface area contributed by atoms with E-state index in [-0.39, 0.29) is 23.3 Å². The van der Waals surface area contributed by atoms with Gasteiger partial charge < -0.3 is 29.3 Å². The third-order valence-electron chi connectivity index (χ3n) is 6.95. The monoisotopic (exact) mass is 707 g/mol. The van der Waals surface area contributed by atoms with E-state index in [0.717, 1.165) is 22.9 Å². The Labute approximate surface area is 295 Å². The van der Waals surface area contributed by atoms with Crippen molar-refractivity contribution in [3.8, 4) is 0 Å². The maximum absolute atomic E-state index is 13.1. The second-order valence-electron chi connectivity index (χ2n) is 10.1. The number of allylic oxidation sites excluding steroid dienone is 1. The number of hydrogen-bond donors (Lipinski definition) is 3. The fourth-order valence-electron chi connectivity index (χ4n) is 4.51. The van der Waals surface area contributed by atoms with Crippen LogP contribution in [0.3, 0.4) is 0 Å². The van der Waals surface area contributed by atoms with Crippen molar-refractivity contribution in [3.05, 3.63) is 96.9 Å². The third-order valence-corrected chi connectivity index (χ3v) is 6.95. The minimum absolute atomic E-state index is 0.0522. The molecule has 2 amide bonds. The number of benzene rings is 2. The fourth-order valence-corrected chi connectivity index (χ4v) is 4.51. The molecule has 0 spiro atoms. The van der Waals surface area contributed by atoms with Crippen molar-refractivity contribution in [2.45, 2.75) is 32.7 Å². The molecule has 266 valence electrons. The van der Waals surface area contributed by atoms with Crippen LogP contribution < -0.4 is 15.6 Å². The number of para-hydroxylation sites is 1. The lowest BCUT2D eigenvalue weighted by molar-refractivity contribution is -0.143. The van der Waals surface area contributed by atoms with Gasteiger partial charge in [0.1, 0.15) is 19.6 Å². The van der Waals surface area contributed by atoms with E-state index < -0.39 is 12.0 Å². The van der Waals surface area contributed by atoms with Crippen LogP contribution in [0.25, 0.3) is 17.0 Å². The molecule has 2 aromatic carbocycles. The number of fused-ring (bicyclic) bond motifs is 1. The molecule has 15 heteroatoms. The molecular formula is C35H41N5O9S. The summed E-state index contributed by atoms with van der Waals surface area (Å²) in [6.07, 6.45) is 7.91. The summed E-state index contributed by atoms with van der Waals surface area (Å²) < 4.78 is 19.4. The first-order valence-corrected chi connectivity index (χ1v) is 15.3. The van der Waals surface area contributed by atoms with Crippen molar-refractivity contribution in [1.82, 2.24) is 15.2 Å². The molecule has 1 aromatic heterocycles. The van der Waals surface area contributed by atoms with E-state index in [9.17, 15) is 19.2 Å². The fraction of sp³-hybridized carbons (Fsp3) is 0.257. The maximum Gasteiger partial charge on any atom is 0.335 e. The normalized spacial score (nSPS) is 12.9. The van der Waals surface area contributed by atoms with Crippen LogP contribution in [0.2, 0.25) is 0 Å². The molecule has 0 bridgehead atoms. The third kappa shape index (κ3) is 12.0. The Kier molecular flexibility index (Phi) is 19.2. The van der Waals surface area contributed by atoms with Crippen LogP contribution in [-0.4, -0.2) is 77.1 Å². The predicted octanol–water partition coefficient (Wildman–Crippen LogP) is 4.13. The molecule has 4 rings (SSSR count). The SMILES string of the molecule is C=CCCC(=O)NCCNCOC=C.C=O.COC(=O)C(C)n1cc(C=C2C(=O)N(c3ccc(C(=O)O)cc3)N=C2C)c2ccccc21.O=S. The number of aromatic carboxylic acids is 1. The van der Waals surface area contributed by atoms with E-state index in [4.69, 9.17) is 23.6 Å². The molecule has 1 unspecified atom stereocenters. The number of aromatic nitrogens is 1. The van der Waals surface area contributed by atoms with Crippen molar-refractivity contribution in [2.24, 2.45) is 5.10 Å². The van der Waals surface area contributed by atoms with E-state index in [0.29, 0.717) is 43.2 Å². The van der Waals surface area contributed by atoms with Crippen LogP contribution in [0.15, 0.2) is 90.9 Å². The Morgan fingerprint density at radius 3 is 2.32 bits per heavy atom. The molecule has 2 heterocycles. The molecule has 1 aliphatic rings. The Balaban J connectivity index is 0.000000587. The quantitative estimate of drug-likeness (QED) is 0.0546. The topological polar surface area (TPSA) is 186 Å². The van der Waals surface area contributed by atoms with Crippen LogP contribution in [-0.2, 0) is 41.2 Å². The number of methoxy groups -OCH3 is 1. The van der Waals surface area contributed by atoms with Gasteiger partial charge in [-0.15, -0.1) is 6.58 Å². The number of carbonyl (C=O) groups is 5. The van der Waals surface area contributed by atoms with Crippen molar-refractivity contribution in [2.75, 3.05) is 31.9 Å². The van der Waals surface area contributed by atoms with Gasteiger partial charge in [0.05, 0.1) is 35.9 Å². The average molecular weight is 708 g/mol. The van der Waals surface area contributed by atoms with Gasteiger partial charge in [0, 0.05) is 42.2 Å². The van der Waals surface area contributed by atoms with Gasteiger partial charge in [-0.1, -0.05) is 30.9 Å². The van der Waals surface area contributed by atoms with Gasteiger partial charge in [0.2, 0.25) is 5.91 Å². The highest BCUT2D eigenvalue weighted by molar-refractivity contribution is 7.44. The number of amides is 2. The van der Waals surface area contributed by atoms with E-state index in [1.54, 1.807) is 38.1 Å². The highest BCUT2D eigenvalue weighted by atomic mass is 32.1. The van der Waals surface area contributed by atoms with E-state index in [2.05, 4.69) is 41.4 Å². The number of hydrogen-bond acceptors (Lipinski definition) is 11. The highest BCUT2D eigenvalue weighted by Gasteiger charge is 2.29. The molecule has 3 aromatic rings. The van der Waals surface area contributed by atoms with Crippen molar-refractivity contribution in [3.63, 3.8) is 0 Å². The molecule has 3 N–H and O–H groups in total. The zero-order chi connectivity index (χ0) is 37.6. The maximum atomic E-state index is 13.1. The van der Waals surface area contributed by atoms with Crippen LogP contribution in [0, 0.1) is 0 Å². The number of carboxylic acids is 1. The molecule has 0 saturated carbocycles. The first-order chi connectivity index (χ1) is 24.1. The molecule has 1 aliphatic heterocycles. The second-order valence-corrected chi connectivity index (χ2v) is 10.1. The number of carboxylic acid groups (broad SMARTS) is 1. The average Bonchev–Trinajstić information content (AvgIpc) is 3.66. The number of esters is 1. The number of rotatable bonds is 14. The molecule has 0 fully saturated rings. The Morgan fingerprint density at radius 2 is 1.72 bits per heavy atom. The Morgan fingerprint density at radius 1 is 1.06 bits per heavy atom. The molecule has 0 aliphatic carbocycles. The number of carbonyl (C=O) groups excluding carboxylic acids is 4. The second kappa shape index (κ2) is 22.7. The van der Waals surface area contributed by atoms with Crippen molar-refractivity contribution < 1.29 is 42.8 Å². The van der Waals surface area contributed by atoms with Gasteiger partial charge in [0.15, 0.2) is 12.5 Å². The largest absolute Gasteiger partial charge is 0.487 e. The molecular weight excluding hydrogens is 666 g/mol. The van der Waals surface area contributed by atoms with Crippen molar-refractivity contribution in [1.29, 1.82) is 0 Å². The summed E-state index contributed by atoms with van der Waals surface area (Å²) >= 11 is 2.83. The number of ether oxygens (including phenoxy) is 2. The van der Waals surface area contributed by atoms with Crippen LogP contribution in [0.5, 0.6) is 0 Å². The van der Waals surface area contributed by atoms with E-state index in [1.165, 1.54) is 30.5 Å². The molecule has 0 saturated heterocycles. The minimum Gasteiger partial charge on any atom is -0.487 e. The summed E-state index contributed by atoms with van der Waals surface area (Å²) in [7, 11) is 1.35. The summed E-state index contributed by atoms with van der Waals surface area (Å²) in [5.41, 5.74) is 3.18. The van der Waals surface area contributed by atoms with Gasteiger partial charge >= 0.3 is 11.9 Å². The summed E-state index contributed by atoms with van der Waals surface area (Å²) in [6.45, 7) is 14.2. The molecule has 50 heavy (non-hydrogen) atoms. The first kappa shape index (κ1) is 42.2.